The largest absolute Gasteiger partial charge is 0.309 e. The van der Waals surface area contributed by atoms with Crippen molar-refractivity contribution in [1.82, 2.24) is 9.13 Å². The summed E-state index contributed by atoms with van der Waals surface area (Å²) in [4.78, 5) is 0. The van der Waals surface area contributed by atoms with Crippen molar-refractivity contribution >= 4 is 66.7 Å². The van der Waals surface area contributed by atoms with E-state index in [-0.39, 0.29) is 6.71 Å². The molecule has 3 heteroatoms. The van der Waals surface area contributed by atoms with Crippen LogP contribution in [-0.2, 0) is 0 Å². The van der Waals surface area contributed by atoms with Crippen LogP contribution in [0.25, 0.3) is 66.1 Å². The van der Waals surface area contributed by atoms with Crippen LogP contribution in [0.1, 0.15) is 33.4 Å². The molecule has 0 aliphatic carbocycles. The molecule has 0 radical (unpaired) electrons. The van der Waals surface area contributed by atoms with Gasteiger partial charge in [0.15, 0.2) is 0 Å². The lowest BCUT2D eigenvalue weighted by Gasteiger charge is -2.25. The average Bonchev–Trinajstić information content (AvgIpc) is 3.73. The summed E-state index contributed by atoms with van der Waals surface area (Å²) in [6.07, 6.45) is 0. The number of fused-ring (bicyclic) bond motifs is 7. The summed E-state index contributed by atoms with van der Waals surface area (Å²) in [6.45, 7) is 13.7. The minimum atomic E-state index is 0.131. The van der Waals surface area contributed by atoms with Gasteiger partial charge in [0.1, 0.15) is 0 Å². The lowest BCUT2D eigenvalue weighted by atomic mass is 9.34. The van der Waals surface area contributed by atoms with E-state index in [0.717, 1.165) is 5.69 Å². The molecule has 10 aromatic rings. The lowest BCUT2D eigenvalue weighted by molar-refractivity contribution is 1.17. The first-order valence-electron chi connectivity index (χ1n) is 20.1. The third kappa shape index (κ3) is 5.64. The molecular formula is C54H45BN2. The van der Waals surface area contributed by atoms with Crippen molar-refractivity contribution in [2.24, 2.45) is 0 Å². The van der Waals surface area contributed by atoms with Crippen molar-refractivity contribution < 1.29 is 0 Å². The number of nitrogens with zero attached hydrogens (tertiary/aromatic N) is 2. The Balaban J connectivity index is 1.13. The standard InChI is InChI=1S/C54H45BN2/c1-34-29-36(3)52(37(4)30-34)55(53-38(5)31-35(2)32-39(53)6)42-16-14-15-41(33-42)40-23-25-44(26-24-40)56-49-22-13-11-20-47(49)51-50(56)28-27-46-45-19-10-12-21-48(45)57(54(46)51)43-17-8-7-9-18-43/h7-33H,1-6H3. The molecule has 2 nitrogen and oxygen atoms in total. The van der Waals surface area contributed by atoms with Gasteiger partial charge in [-0.3, -0.25) is 0 Å². The van der Waals surface area contributed by atoms with Crippen LogP contribution in [0, 0.1) is 41.5 Å². The van der Waals surface area contributed by atoms with E-state index in [2.05, 4.69) is 214 Å². The SMILES string of the molecule is Cc1cc(C)c(B(c2cccc(-c3ccc(-n4c5ccccc5c5c4ccc4c6ccccc6n(-c6ccccc6)c45)cc3)c2)c2c(C)cc(C)cc2C)c(C)c1. The summed E-state index contributed by atoms with van der Waals surface area (Å²) < 4.78 is 4.89. The van der Waals surface area contributed by atoms with Crippen LogP contribution in [-0.4, -0.2) is 15.8 Å². The van der Waals surface area contributed by atoms with Gasteiger partial charge in [0.2, 0.25) is 6.71 Å². The molecule has 0 aliphatic rings. The van der Waals surface area contributed by atoms with E-state index in [0.29, 0.717) is 0 Å². The molecule has 0 bridgehead atoms. The van der Waals surface area contributed by atoms with Gasteiger partial charge < -0.3 is 9.13 Å². The molecule has 8 aromatic carbocycles. The van der Waals surface area contributed by atoms with Crippen molar-refractivity contribution in [3.63, 3.8) is 0 Å². The highest BCUT2D eigenvalue weighted by Gasteiger charge is 2.29. The van der Waals surface area contributed by atoms with E-state index in [1.165, 1.54) is 110 Å². The molecule has 274 valence electrons. The molecule has 10 rings (SSSR count). The van der Waals surface area contributed by atoms with Crippen LogP contribution in [0.15, 0.2) is 164 Å². The first-order valence-corrected chi connectivity index (χ1v) is 20.1. The molecule has 0 fully saturated rings. The van der Waals surface area contributed by atoms with Crippen LogP contribution in [0.2, 0.25) is 0 Å². The maximum Gasteiger partial charge on any atom is 0.242 e. The Bertz CT molecular complexity index is 3080. The zero-order valence-electron chi connectivity index (χ0n) is 33.6. The number of hydrogen-bond donors (Lipinski definition) is 0. The molecule has 0 unspecified atom stereocenters. The second-order valence-corrected chi connectivity index (χ2v) is 16.1. The predicted octanol–water partition coefficient (Wildman–Crippen LogP) is 11.9. The highest BCUT2D eigenvalue weighted by molar-refractivity contribution is 6.96. The molecule has 0 aliphatic heterocycles. The van der Waals surface area contributed by atoms with Crippen LogP contribution >= 0.6 is 0 Å². The molecule has 0 saturated carbocycles. The fourth-order valence-corrected chi connectivity index (χ4v) is 10.1. The van der Waals surface area contributed by atoms with Crippen molar-refractivity contribution in [1.29, 1.82) is 0 Å². The molecule has 0 saturated heterocycles. The van der Waals surface area contributed by atoms with Gasteiger partial charge in [0.05, 0.1) is 22.1 Å². The normalized spacial score (nSPS) is 11.7. The van der Waals surface area contributed by atoms with Gasteiger partial charge in [0.25, 0.3) is 0 Å². The topological polar surface area (TPSA) is 9.86 Å². The van der Waals surface area contributed by atoms with Gasteiger partial charge in [-0.1, -0.05) is 171 Å². The van der Waals surface area contributed by atoms with Crippen LogP contribution < -0.4 is 16.4 Å². The predicted molar refractivity (Wildman–Crippen MR) is 247 cm³/mol. The summed E-state index contributed by atoms with van der Waals surface area (Å²) in [5, 5.41) is 5.06. The second-order valence-electron chi connectivity index (χ2n) is 16.1. The lowest BCUT2D eigenvalue weighted by Crippen LogP contribution is -2.55. The third-order valence-electron chi connectivity index (χ3n) is 12.2. The minimum absolute atomic E-state index is 0.131. The quantitative estimate of drug-likeness (QED) is 0.151. The van der Waals surface area contributed by atoms with Gasteiger partial charge in [-0.2, -0.15) is 0 Å². The fourth-order valence-electron chi connectivity index (χ4n) is 10.1. The number of benzene rings is 8. The van der Waals surface area contributed by atoms with Crippen molar-refractivity contribution in [2.75, 3.05) is 0 Å². The molecule has 0 amide bonds. The summed E-state index contributed by atoms with van der Waals surface area (Å²) in [7, 11) is 0. The fraction of sp³-hybridized carbons (Fsp3) is 0.111. The maximum atomic E-state index is 2.45. The highest BCUT2D eigenvalue weighted by Crippen LogP contribution is 2.42. The Morgan fingerprint density at radius 2 is 0.912 bits per heavy atom. The molecule has 57 heavy (non-hydrogen) atoms. The summed E-state index contributed by atoms with van der Waals surface area (Å²) >= 11 is 0. The van der Waals surface area contributed by atoms with Gasteiger partial charge in [-0.05, 0) is 95.1 Å². The molecule has 2 heterocycles. The maximum absolute atomic E-state index is 2.45. The van der Waals surface area contributed by atoms with Crippen LogP contribution in [0.4, 0.5) is 0 Å². The second kappa shape index (κ2) is 13.6. The molecule has 0 spiro atoms. The van der Waals surface area contributed by atoms with E-state index >= 15 is 0 Å². The number of rotatable bonds is 6. The molecule has 2 aromatic heterocycles. The number of hydrogen-bond acceptors (Lipinski definition) is 0. The van der Waals surface area contributed by atoms with Gasteiger partial charge in [0, 0.05) is 32.9 Å². The van der Waals surface area contributed by atoms with Gasteiger partial charge >= 0.3 is 0 Å². The first kappa shape index (κ1) is 34.9. The van der Waals surface area contributed by atoms with Crippen LogP contribution in [0.5, 0.6) is 0 Å². The molecular weight excluding hydrogens is 687 g/mol. The smallest absolute Gasteiger partial charge is 0.242 e. The van der Waals surface area contributed by atoms with E-state index in [9.17, 15) is 0 Å². The minimum Gasteiger partial charge on any atom is -0.309 e. The Labute approximate surface area is 335 Å². The monoisotopic (exact) mass is 732 g/mol. The summed E-state index contributed by atoms with van der Waals surface area (Å²) in [5.41, 5.74) is 21.8. The first-order chi connectivity index (χ1) is 27.8. The Morgan fingerprint density at radius 3 is 1.54 bits per heavy atom. The van der Waals surface area contributed by atoms with Crippen molar-refractivity contribution in [3.05, 3.63) is 197 Å². The highest BCUT2D eigenvalue weighted by atomic mass is 15.0. The van der Waals surface area contributed by atoms with E-state index in [1.807, 2.05) is 0 Å². The average molecular weight is 733 g/mol. The number of aromatic nitrogens is 2. The molecule has 0 atom stereocenters. The Hall–Kier alpha value is -6.58. The summed E-state index contributed by atoms with van der Waals surface area (Å²) in [5.74, 6) is 0. The zero-order valence-corrected chi connectivity index (χ0v) is 33.6. The van der Waals surface area contributed by atoms with Crippen LogP contribution in [0.3, 0.4) is 0 Å². The Morgan fingerprint density at radius 1 is 0.368 bits per heavy atom. The Kier molecular flexibility index (Phi) is 8.30. The summed E-state index contributed by atoms with van der Waals surface area (Å²) in [6, 6.07) is 60.9. The molecule has 0 N–H and O–H groups in total. The van der Waals surface area contributed by atoms with Gasteiger partial charge in [-0.25, -0.2) is 0 Å². The van der Waals surface area contributed by atoms with E-state index in [1.54, 1.807) is 0 Å². The number of para-hydroxylation sites is 3. The third-order valence-corrected chi connectivity index (χ3v) is 12.2. The number of aryl methyl sites for hydroxylation is 6. The van der Waals surface area contributed by atoms with E-state index in [4.69, 9.17) is 0 Å². The van der Waals surface area contributed by atoms with Crippen molar-refractivity contribution in [3.8, 4) is 22.5 Å². The van der Waals surface area contributed by atoms with Gasteiger partial charge in [-0.15, -0.1) is 0 Å². The van der Waals surface area contributed by atoms with Crippen molar-refractivity contribution in [2.45, 2.75) is 41.5 Å². The van der Waals surface area contributed by atoms with E-state index < -0.39 is 0 Å². The zero-order chi connectivity index (χ0) is 38.9.